The van der Waals surface area contributed by atoms with Gasteiger partial charge in [-0.05, 0) is 26.2 Å². The molecule has 0 aromatic carbocycles. The van der Waals surface area contributed by atoms with Gasteiger partial charge in [-0.2, -0.15) is 0 Å². The van der Waals surface area contributed by atoms with Crippen LogP contribution in [0.5, 0.6) is 0 Å². The fourth-order valence-electron chi connectivity index (χ4n) is 2.37. The normalized spacial score (nSPS) is 18.7. The second-order valence-electron chi connectivity index (χ2n) is 4.43. The summed E-state index contributed by atoms with van der Waals surface area (Å²) >= 11 is 0. The first-order valence-electron chi connectivity index (χ1n) is 6.26. The molecule has 1 rings (SSSR count). The van der Waals surface area contributed by atoms with Crippen molar-refractivity contribution < 1.29 is 4.79 Å². The first-order chi connectivity index (χ1) is 7.20. The van der Waals surface area contributed by atoms with E-state index in [1.807, 2.05) is 11.8 Å². The molecule has 1 atom stereocenters. The van der Waals surface area contributed by atoms with E-state index < -0.39 is 0 Å². The Kier molecular flexibility index (Phi) is 7.77. The van der Waals surface area contributed by atoms with Crippen LogP contribution in [0.15, 0.2) is 0 Å². The van der Waals surface area contributed by atoms with Crippen LogP contribution in [0.1, 0.15) is 52.4 Å². The summed E-state index contributed by atoms with van der Waals surface area (Å²) in [6.45, 7) is 4.82. The van der Waals surface area contributed by atoms with Crippen molar-refractivity contribution in [1.29, 1.82) is 0 Å². The highest BCUT2D eigenvalue weighted by Gasteiger charge is 2.26. The fraction of sp³-hybridized carbons (Fsp3) is 0.917. The molecule has 0 aromatic heterocycles. The lowest BCUT2D eigenvalue weighted by molar-refractivity contribution is -0.135. The Bertz CT molecular complexity index is 205. The van der Waals surface area contributed by atoms with Crippen LogP contribution in [0.25, 0.3) is 0 Å². The van der Waals surface area contributed by atoms with Gasteiger partial charge in [-0.1, -0.05) is 26.2 Å². The maximum Gasteiger partial charge on any atom is 0.239 e. The van der Waals surface area contributed by atoms with Crippen LogP contribution in [0, 0.1) is 0 Å². The van der Waals surface area contributed by atoms with Crippen LogP contribution in [0.3, 0.4) is 0 Å². The Balaban J connectivity index is 0.00000225. The van der Waals surface area contributed by atoms with E-state index in [9.17, 15) is 4.79 Å². The number of carbonyl (C=O) groups is 1. The van der Waals surface area contributed by atoms with Gasteiger partial charge in [0.15, 0.2) is 0 Å². The average molecular weight is 249 g/mol. The van der Waals surface area contributed by atoms with Gasteiger partial charge in [0, 0.05) is 12.6 Å². The summed E-state index contributed by atoms with van der Waals surface area (Å²) in [5.74, 6) is 0.145. The zero-order valence-corrected chi connectivity index (χ0v) is 11.3. The molecule has 1 amide bonds. The lowest BCUT2D eigenvalue weighted by Gasteiger charge is -2.35. The van der Waals surface area contributed by atoms with Crippen molar-refractivity contribution in [3.8, 4) is 0 Å². The zero-order valence-electron chi connectivity index (χ0n) is 10.4. The molecular weight excluding hydrogens is 224 g/mol. The van der Waals surface area contributed by atoms with Gasteiger partial charge in [0.2, 0.25) is 5.91 Å². The summed E-state index contributed by atoms with van der Waals surface area (Å²) in [7, 11) is 0. The molecule has 2 N–H and O–H groups in total. The molecule has 1 fully saturated rings. The molecule has 0 unspecified atom stereocenters. The van der Waals surface area contributed by atoms with Gasteiger partial charge >= 0.3 is 0 Å². The molecule has 0 spiro atoms. The third-order valence-corrected chi connectivity index (χ3v) is 3.40. The summed E-state index contributed by atoms with van der Waals surface area (Å²) in [5.41, 5.74) is 5.81. The highest BCUT2D eigenvalue weighted by atomic mass is 35.5. The van der Waals surface area contributed by atoms with E-state index >= 15 is 0 Å². The van der Waals surface area contributed by atoms with Gasteiger partial charge < -0.3 is 10.6 Å². The number of hydrogen-bond acceptors (Lipinski definition) is 2. The lowest BCUT2D eigenvalue weighted by atomic mass is 9.93. The molecule has 0 heterocycles. The van der Waals surface area contributed by atoms with Crippen molar-refractivity contribution in [1.82, 2.24) is 4.90 Å². The van der Waals surface area contributed by atoms with Crippen LogP contribution in [0.4, 0.5) is 0 Å². The Morgan fingerprint density at radius 2 is 1.88 bits per heavy atom. The molecule has 0 aromatic rings. The van der Waals surface area contributed by atoms with E-state index in [-0.39, 0.29) is 24.4 Å². The number of rotatable bonds is 4. The smallest absolute Gasteiger partial charge is 0.239 e. The van der Waals surface area contributed by atoms with Gasteiger partial charge in [-0.15, -0.1) is 12.4 Å². The molecule has 0 aliphatic heterocycles. The number of hydrogen-bond donors (Lipinski definition) is 1. The van der Waals surface area contributed by atoms with Crippen LogP contribution >= 0.6 is 12.4 Å². The number of carbonyl (C=O) groups excluding carboxylic acids is 1. The number of halogens is 1. The third-order valence-electron chi connectivity index (χ3n) is 3.40. The minimum atomic E-state index is -0.299. The molecule has 1 aliphatic carbocycles. The minimum absolute atomic E-state index is 0. The quantitative estimate of drug-likeness (QED) is 0.830. The van der Waals surface area contributed by atoms with Crippen molar-refractivity contribution in [2.24, 2.45) is 5.73 Å². The van der Waals surface area contributed by atoms with Crippen LogP contribution in [-0.2, 0) is 4.79 Å². The summed E-state index contributed by atoms with van der Waals surface area (Å²) in [5, 5.41) is 0. The van der Waals surface area contributed by atoms with Crippen molar-refractivity contribution in [2.45, 2.75) is 64.5 Å². The molecule has 0 bridgehead atoms. The predicted molar refractivity (Wildman–Crippen MR) is 69.8 cm³/mol. The highest BCUT2D eigenvalue weighted by Crippen LogP contribution is 2.22. The number of nitrogens with two attached hydrogens (primary N) is 1. The number of nitrogens with zero attached hydrogens (tertiary/aromatic N) is 1. The maximum absolute atomic E-state index is 12.0. The minimum Gasteiger partial charge on any atom is -0.339 e. The van der Waals surface area contributed by atoms with Crippen LogP contribution < -0.4 is 5.73 Å². The predicted octanol–water partition coefficient (Wildman–Crippen LogP) is 2.33. The summed E-state index contributed by atoms with van der Waals surface area (Å²) in [4.78, 5) is 14.0. The first kappa shape index (κ1) is 15.7. The molecule has 0 radical (unpaired) electrons. The second-order valence-corrected chi connectivity index (χ2v) is 4.43. The molecular formula is C12H25ClN2O. The SMILES string of the molecule is CC[C@H](N)C(=O)N(CC)C1CCCCC1.Cl. The second kappa shape index (κ2) is 7.91. The highest BCUT2D eigenvalue weighted by molar-refractivity contribution is 5.85. The maximum atomic E-state index is 12.0. The number of likely N-dealkylation sites (N-methyl/N-ethyl adjacent to an activating group) is 1. The Hall–Kier alpha value is -0.280. The van der Waals surface area contributed by atoms with Gasteiger partial charge in [0.25, 0.3) is 0 Å². The van der Waals surface area contributed by atoms with Crippen molar-refractivity contribution in [2.75, 3.05) is 6.54 Å². The van der Waals surface area contributed by atoms with E-state index in [0.29, 0.717) is 6.04 Å². The molecule has 16 heavy (non-hydrogen) atoms. The summed E-state index contributed by atoms with van der Waals surface area (Å²) < 4.78 is 0. The van der Waals surface area contributed by atoms with Crippen molar-refractivity contribution >= 4 is 18.3 Å². The van der Waals surface area contributed by atoms with E-state index in [1.54, 1.807) is 0 Å². The van der Waals surface area contributed by atoms with Crippen LogP contribution in [-0.4, -0.2) is 29.4 Å². The van der Waals surface area contributed by atoms with Gasteiger partial charge in [-0.25, -0.2) is 0 Å². The molecule has 1 aliphatic rings. The lowest BCUT2D eigenvalue weighted by Crippen LogP contribution is -2.48. The van der Waals surface area contributed by atoms with E-state index in [2.05, 4.69) is 6.92 Å². The van der Waals surface area contributed by atoms with Crippen molar-refractivity contribution in [3.63, 3.8) is 0 Å². The molecule has 4 heteroatoms. The van der Waals surface area contributed by atoms with E-state index in [4.69, 9.17) is 5.73 Å². The topological polar surface area (TPSA) is 46.3 Å². The third kappa shape index (κ3) is 3.95. The van der Waals surface area contributed by atoms with E-state index in [1.165, 1.54) is 19.3 Å². The zero-order chi connectivity index (χ0) is 11.3. The standard InChI is InChI=1S/C12H24N2O.ClH/c1-3-11(13)12(15)14(4-2)10-8-6-5-7-9-10;/h10-11H,3-9,13H2,1-2H3;1H/t11-;/m0./s1. The molecule has 0 saturated heterocycles. The van der Waals surface area contributed by atoms with Crippen LogP contribution in [0.2, 0.25) is 0 Å². The van der Waals surface area contributed by atoms with Crippen molar-refractivity contribution in [3.05, 3.63) is 0 Å². The van der Waals surface area contributed by atoms with Gasteiger partial charge in [0.1, 0.15) is 0 Å². The first-order valence-corrected chi connectivity index (χ1v) is 6.26. The largest absolute Gasteiger partial charge is 0.339 e. The Morgan fingerprint density at radius 1 is 1.31 bits per heavy atom. The average Bonchev–Trinajstić information content (AvgIpc) is 2.30. The van der Waals surface area contributed by atoms with Gasteiger partial charge in [-0.3, -0.25) is 4.79 Å². The molecule has 3 nitrogen and oxygen atoms in total. The summed E-state index contributed by atoms with van der Waals surface area (Å²) in [6, 6.07) is 0.153. The Labute approximate surface area is 105 Å². The fourth-order valence-corrected chi connectivity index (χ4v) is 2.37. The van der Waals surface area contributed by atoms with Gasteiger partial charge in [0.05, 0.1) is 6.04 Å². The molecule has 96 valence electrons. The monoisotopic (exact) mass is 248 g/mol. The van der Waals surface area contributed by atoms with E-state index in [0.717, 1.165) is 25.8 Å². The summed E-state index contributed by atoms with van der Waals surface area (Å²) in [6.07, 6.45) is 6.90. The Morgan fingerprint density at radius 3 is 2.31 bits per heavy atom. The molecule has 1 saturated carbocycles. The number of amides is 1.